The highest BCUT2D eigenvalue weighted by atomic mass is 32.1. The Bertz CT molecular complexity index is 669. The van der Waals surface area contributed by atoms with Gasteiger partial charge < -0.3 is 0 Å². The van der Waals surface area contributed by atoms with Crippen molar-refractivity contribution in [3.8, 4) is 11.3 Å². The Morgan fingerprint density at radius 1 is 0.842 bits per heavy atom. The minimum absolute atomic E-state index is 1.02. The summed E-state index contributed by atoms with van der Waals surface area (Å²) in [5.41, 5.74) is 3.43. The highest BCUT2D eigenvalue weighted by Gasteiger charge is 2.04. The SMILES string of the molecule is C(=C\c1sccc1-c1ccccn1)/c1ccccc1. The molecule has 0 saturated heterocycles. The molecule has 1 nitrogen and oxygen atoms in total. The fourth-order valence-corrected chi connectivity index (χ4v) is 2.72. The van der Waals surface area contributed by atoms with Crippen LogP contribution in [-0.2, 0) is 0 Å². The fraction of sp³-hybridized carbons (Fsp3) is 0. The Balaban J connectivity index is 1.91. The Morgan fingerprint density at radius 2 is 1.68 bits per heavy atom. The predicted molar refractivity (Wildman–Crippen MR) is 82.9 cm³/mol. The predicted octanol–water partition coefficient (Wildman–Crippen LogP) is 4.98. The molecular weight excluding hydrogens is 250 g/mol. The molecule has 92 valence electrons. The average Bonchev–Trinajstić information content (AvgIpc) is 2.95. The van der Waals surface area contributed by atoms with E-state index in [-0.39, 0.29) is 0 Å². The lowest BCUT2D eigenvalue weighted by Crippen LogP contribution is -1.80. The molecule has 0 atom stereocenters. The summed E-state index contributed by atoms with van der Waals surface area (Å²) in [4.78, 5) is 5.65. The second-order valence-electron chi connectivity index (χ2n) is 4.16. The molecule has 1 aromatic carbocycles. The first-order valence-corrected chi connectivity index (χ1v) is 7.03. The summed E-state index contributed by atoms with van der Waals surface area (Å²) in [7, 11) is 0. The molecule has 0 aliphatic carbocycles. The monoisotopic (exact) mass is 263 g/mol. The molecule has 0 radical (unpaired) electrons. The van der Waals surface area contributed by atoms with E-state index in [2.05, 4.69) is 40.7 Å². The van der Waals surface area contributed by atoms with Gasteiger partial charge in [0.25, 0.3) is 0 Å². The molecule has 0 N–H and O–H groups in total. The molecule has 0 spiro atoms. The number of nitrogens with zero attached hydrogens (tertiary/aromatic N) is 1. The van der Waals surface area contributed by atoms with Crippen molar-refractivity contribution in [2.45, 2.75) is 0 Å². The minimum Gasteiger partial charge on any atom is -0.256 e. The summed E-state index contributed by atoms with van der Waals surface area (Å²) in [6, 6.07) is 18.5. The van der Waals surface area contributed by atoms with E-state index in [9.17, 15) is 0 Å². The van der Waals surface area contributed by atoms with Gasteiger partial charge in [0.1, 0.15) is 0 Å². The van der Waals surface area contributed by atoms with E-state index in [1.54, 1.807) is 11.3 Å². The van der Waals surface area contributed by atoms with Gasteiger partial charge in [-0.1, -0.05) is 42.5 Å². The molecule has 3 aromatic rings. The largest absolute Gasteiger partial charge is 0.256 e. The van der Waals surface area contributed by atoms with Crippen LogP contribution in [0.15, 0.2) is 66.2 Å². The third-order valence-corrected chi connectivity index (χ3v) is 3.74. The van der Waals surface area contributed by atoms with E-state index in [1.807, 2.05) is 42.6 Å². The maximum absolute atomic E-state index is 4.41. The smallest absolute Gasteiger partial charge is 0.0716 e. The lowest BCUT2D eigenvalue weighted by Gasteiger charge is -1.98. The van der Waals surface area contributed by atoms with Crippen molar-refractivity contribution in [1.82, 2.24) is 4.98 Å². The van der Waals surface area contributed by atoms with Crippen molar-refractivity contribution in [3.05, 3.63) is 76.6 Å². The van der Waals surface area contributed by atoms with Gasteiger partial charge in [0, 0.05) is 16.6 Å². The molecule has 0 unspecified atom stereocenters. The van der Waals surface area contributed by atoms with Gasteiger partial charge in [-0.25, -0.2) is 0 Å². The van der Waals surface area contributed by atoms with Crippen LogP contribution in [0.3, 0.4) is 0 Å². The first-order valence-electron chi connectivity index (χ1n) is 6.15. The Kier molecular flexibility index (Phi) is 3.52. The van der Waals surface area contributed by atoms with Crippen molar-refractivity contribution in [3.63, 3.8) is 0 Å². The van der Waals surface area contributed by atoms with Crippen LogP contribution >= 0.6 is 11.3 Å². The zero-order valence-electron chi connectivity index (χ0n) is 10.4. The standard InChI is InChI=1S/C17H13NS/c1-2-6-14(7-3-1)9-10-17-15(11-13-19-17)16-8-4-5-12-18-16/h1-13H/b10-9+. The number of pyridine rings is 1. The molecule has 2 heterocycles. The molecular formula is C17H13NS. The van der Waals surface area contributed by atoms with E-state index in [4.69, 9.17) is 0 Å². The van der Waals surface area contributed by atoms with Crippen molar-refractivity contribution < 1.29 is 0 Å². The molecule has 0 aliphatic rings. The van der Waals surface area contributed by atoms with E-state index in [1.165, 1.54) is 16.0 Å². The minimum atomic E-state index is 1.02. The number of benzene rings is 1. The molecule has 2 heteroatoms. The Labute approximate surface area is 116 Å². The van der Waals surface area contributed by atoms with Gasteiger partial charge >= 0.3 is 0 Å². The van der Waals surface area contributed by atoms with Gasteiger partial charge in [0.2, 0.25) is 0 Å². The lowest BCUT2D eigenvalue weighted by molar-refractivity contribution is 1.33. The summed E-state index contributed by atoms with van der Waals surface area (Å²) in [6.45, 7) is 0. The second kappa shape index (κ2) is 5.63. The van der Waals surface area contributed by atoms with Crippen LogP contribution < -0.4 is 0 Å². The van der Waals surface area contributed by atoms with E-state index in [0.29, 0.717) is 0 Å². The van der Waals surface area contributed by atoms with Crippen LogP contribution in [0.25, 0.3) is 23.4 Å². The van der Waals surface area contributed by atoms with Crippen molar-refractivity contribution >= 4 is 23.5 Å². The topological polar surface area (TPSA) is 12.9 Å². The second-order valence-corrected chi connectivity index (χ2v) is 5.11. The van der Waals surface area contributed by atoms with Gasteiger partial charge in [-0.3, -0.25) is 4.98 Å². The van der Waals surface area contributed by atoms with Crippen LogP contribution in [-0.4, -0.2) is 4.98 Å². The summed E-state index contributed by atoms with van der Waals surface area (Å²) >= 11 is 1.74. The van der Waals surface area contributed by atoms with Gasteiger partial charge in [-0.05, 0) is 35.2 Å². The molecule has 0 bridgehead atoms. The highest BCUT2D eigenvalue weighted by Crippen LogP contribution is 2.28. The molecule has 0 amide bonds. The summed E-state index contributed by atoms with van der Waals surface area (Å²) in [6.07, 6.45) is 6.12. The van der Waals surface area contributed by atoms with E-state index < -0.39 is 0 Å². The number of aromatic nitrogens is 1. The average molecular weight is 263 g/mol. The van der Waals surface area contributed by atoms with E-state index >= 15 is 0 Å². The zero-order valence-corrected chi connectivity index (χ0v) is 11.2. The number of thiophene rings is 1. The van der Waals surface area contributed by atoms with Gasteiger partial charge in [-0.2, -0.15) is 0 Å². The summed E-state index contributed by atoms with van der Waals surface area (Å²) in [5.74, 6) is 0. The summed E-state index contributed by atoms with van der Waals surface area (Å²) < 4.78 is 0. The third-order valence-electron chi connectivity index (χ3n) is 2.86. The van der Waals surface area contributed by atoms with Gasteiger partial charge in [0.05, 0.1) is 5.69 Å². The normalized spacial score (nSPS) is 10.9. The quantitative estimate of drug-likeness (QED) is 0.649. The molecule has 19 heavy (non-hydrogen) atoms. The van der Waals surface area contributed by atoms with Crippen molar-refractivity contribution in [2.24, 2.45) is 0 Å². The number of hydrogen-bond acceptors (Lipinski definition) is 2. The van der Waals surface area contributed by atoms with Crippen LogP contribution in [0, 0.1) is 0 Å². The molecule has 0 fully saturated rings. The van der Waals surface area contributed by atoms with Crippen molar-refractivity contribution in [1.29, 1.82) is 0 Å². The van der Waals surface area contributed by atoms with Crippen molar-refractivity contribution in [2.75, 3.05) is 0 Å². The van der Waals surface area contributed by atoms with Crippen LogP contribution in [0.2, 0.25) is 0 Å². The maximum atomic E-state index is 4.41. The first kappa shape index (κ1) is 11.9. The van der Waals surface area contributed by atoms with Gasteiger partial charge in [-0.15, -0.1) is 11.3 Å². The first-order chi connectivity index (χ1) is 9.43. The Hall–Kier alpha value is -2.19. The zero-order chi connectivity index (χ0) is 12.9. The molecule has 2 aromatic heterocycles. The lowest BCUT2D eigenvalue weighted by atomic mass is 10.1. The molecule has 0 aliphatic heterocycles. The molecule has 0 saturated carbocycles. The van der Waals surface area contributed by atoms with Crippen LogP contribution in [0.4, 0.5) is 0 Å². The third kappa shape index (κ3) is 2.80. The fourth-order valence-electron chi connectivity index (χ4n) is 1.92. The number of hydrogen-bond donors (Lipinski definition) is 0. The van der Waals surface area contributed by atoms with Gasteiger partial charge in [0.15, 0.2) is 0 Å². The van der Waals surface area contributed by atoms with Crippen LogP contribution in [0.1, 0.15) is 10.4 Å². The van der Waals surface area contributed by atoms with E-state index in [0.717, 1.165) is 5.69 Å². The maximum Gasteiger partial charge on any atom is 0.0716 e. The number of rotatable bonds is 3. The highest BCUT2D eigenvalue weighted by molar-refractivity contribution is 7.11. The summed E-state index contributed by atoms with van der Waals surface area (Å²) in [5, 5.41) is 2.11. The Morgan fingerprint density at radius 3 is 2.47 bits per heavy atom. The van der Waals surface area contributed by atoms with Crippen LogP contribution in [0.5, 0.6) is 0 Å². The molecule has 3 rings (SSSR count).